The van der Waals surface area contributed by atoms with Gasteiger partial charge >= 0.3 is 0 Å². The number of amides is 1. The van der Waals surface area contributed by atoms with E-state index in [0.29, 0.717) is 17.7 Å². The summed E-state index contributed by atoms with van der Waals surface area (Å²) in [6.07, 6.45) is 0.594. The van der Waals surface area contributed by atoms with Crippen molar-refractivity contribution in [3.63, 3.8) is 0 Å². The topological polar surface area (TPSA) is 55.1 Å². The fraction of sp³-hybridized carbons (Fsp3) is 0. The maximum Gasteiger partial charge on any atom is 0.211 e. The smallest absolute Gasteiger partial charge is 0.211 e. The normalized spacial score (nSPS) is 9.00. The number of anilines is 1. The maximum absolute atomic E-state index is 10.2. The van der Waals surface area contributed by atoms with Crippen LogP contribution in [0.3, 0.4) is 0 Å². The van der Waals surface area contributed by atoms with Crippen LogP contribution >= 0.6 is 12.2 Å². The van der Waals surface area contributed by atoms with E-state index >= 15 is 0 Å². The number of carbonyl (C=O) groups excluding carboxylic acids is 1. The van der Waals surface area contributed by atoms with E-state index in [4.69, 9.17) is 18.0 Å². The van der Waals surface area contributed by atoms with Crippen LogP contribution in [-0.4, -0.2) is 11.4 Å². The molecule has 0 saturated carbocycles. The van der Waals surface area contributed by atoms with Gasteiger partial charge < -0.3 is 11.1 Å². The Bertz CT molecular complexity index is 312. The van der Waals surface area contributed by atoms with Crippen molar-refractivity contribution in [3.05, 3.63) is 29.8 Å². The Morgan fingerprint density at radius 1 is 1.50 bits per heavy atom. The summed E-state index contributed by atoms with van der Waals surface area (Å²) in [7, 11) is 0. The lowest BCUT2D eigenvalue weighted by Crippen LogP contribution is -2.12. The number of thiocarbonyl (C=S) groups is 1. The molecule has 0 spiro atoms. The van der Waals surface area contributed by atoms with E-state index in [1.54, 1.807) is 18.2 Å². The van der Waals surface area contributed by atoms with Gasteiger partial charge in [-0.2, -0.15) is 0 Å². The molecule has 0 radical (unpaired) electrons. The molecule has 0 fully saturated rings. The minimum atomic E-state index is 0.278. The maximum atomic E-state index is 10.2. The highest BCUT2D eigenvalue weighted by Crippen LogP contribution is 2.13. The molecule has 0 heterocycles. The van der Waals surface area contributed by atoms with Gasteiger partial charge in [0.15, 0.2) is 0 Å². The molecule has 12 heavy (non-hydrogen) atoms. The molecule has 1 aromatic rings. The van der Waals surface area contributed by atoms with Crippen molar-refractivity contribution in [2.24, 2.45) is 5.73 Å². The average Bonchev–Trinajstić information content (AvgIpc) is 2.05. The van der Waals surface area contributed by atoms with Crippen LogP contribution in [0, 0.1) is 0 Å². The van der Waals surface area contributed by atoms with Crippen molar-refractivity contribution in [1.29, 1.82) is 0 Å². The van der Waals surface area contributed by atoms with Crippen LogP contribution in [0.4, 0.5) is 5.69 Å². The molecule has 3 nitrogen and oxygen atoms in total. The van der Waals surface area contributed by atoms with Crippen molar-refractivity contribution in [2.75, 3.05) is 5.32 Å². The van der Waals surface area contributed by atoms with Gasteiger partial charge in [-0.25, -0.2) is 0 Å². The summed E-state index contributed by atoms with van der Waals surface area (Å²) in [4.78, 5) is 10.4. The highest BCUT2D eigenvalue weighted by molar-refractivity contribution is 7.80. The van der Waals surface area contributed by atoms with E-state index in [9.17, 15) is 4.79 Å². The highest BCUT2D eigenvalue weighted by Gasteiger charge is 2.01. The van der Waals surface area contributed by atoms with Crippen molar-refractivity contribution < 1.29 is 4.79 Å². The average molecular weight is 180 g/mol. The number of nitrogens with one attached hydrogen (secondary N) is 1. The largest absolute Gasteiger partial charge is 0.389 e. The zero-order chi connectivity index (χ0) is 8.97. The van der Waals surface area contributed by atoms with Gasteiger partial charge in [-0.1, -0.05) is 24.4 Å². The van der Waals surface area contributed by atoms with Crippen LogP contribution in [-0.2, 0) is 4.79 Å². The minimum absolute atomic E-state index is 0.278. The molecule has 0 unspecified atom stereocenters. The first-order valence-corrected chi connectivity index (χ1v) is 3.75. The molecule has 1 amide bonds. The van der Waals surface area contributed by atoms with Crippen LogP contribution in [0.15, 0.2) is 24.3 Å². The second-order valence-corrected chi connectivity index (χ2v) is 2.61. The van der Waals surface area contributed by atoms with E-state index in [-0.39, 0.29) is 4.99 Å². The third-order valence-electron chi connectivity index (χ3n) is 1.41. The number of nitrogens with two attached hydrogens (primary N) is 1. The minimum Gasteiger partial charge on any atom is -0.389 e. The van der Waals surface area contributed by atoms with E-state index in [0.717, 1.165) is 0 Å². The summed E-state index contributed by atoms with van der Waals surface area (Å²) in [5, 5.41) is 2.51. The Balaban J connectivity index is 3.07. The second-order valence-electron chi connectivity index (χ2n) is 2.17. The Morgan fingerprint density at radius 2 is 2.17 bits per heavy atom. The number of hydrogen-bond donors (Lipinski definition) is 2. The lowest BCUT2D eigenvalue weighted by molar-refractivity contribution is -0.105. The summed E-state index contributed by atoms with van der Waals surface area (Å²) in [6.45, 7) is 0. The van der Waals surface area contributed by atoms with Crippen molar-refractivity contribution in [2.45, 2.75) is 0 Å². The first kappa shape index (κ1) is 8.67. The lowest BCUT2D eigenvalue weighted by Gasteiger charge is -2.04. The van der Waals surface area contributed by atoms with Gasteiger partial charge in [0.1, 0.15) is 4.99 Å². The van der Waals surface area contributed by atoms with Gasteiger partial charge in [0.05, 0.1) is 5.69 Å². The van der Waals surface area contributed by atoms with Crippen LogP contribution < -0.4 is 11.1 Å². The summed E-state index contributed by atoms with van der Waals surface area (Å²) in [6, 6.07) is 7.11. The van der Waals surface area contributed by atoms with E-state index in [1.165, 1.54) is 0 Å². The molecule has 0 aliphatic carbocycles. The van der Waals surface area contributed by atoms with Gasteiger partial charge in [-0.3, -0.25) is 4.79 Å². The fourth-order valence-corrected chi connectivity index (χ4v) is 1.07. The molecule has 0 atom stereocenters. The standard InChI is InChI=1S/C8H8N2OS/c9-8(12)6-3-1-2-4-7(6)10-5-11/h1-5H,(H2,9,12)(H,10,11). The number of para-hydroxylation sites is 1. The third-order valence-corrected chi connectivity index (χ3v) is 1.63. The van der Waals surface area contributed by atoms with E-state index in [2.05, 4.69) is 5.32 Å². The third kappa shape index (κ3) is 1.79. The summed E-state index contributed by atoms with van der Waals surface area (Å²) >= 11 is 4.79. The zero-order valence-corrected chi connectivity index (χ0v) is 7.10. The summed E-state index contributed by atoms with van der Waals surface area (Å²) in [5.41, 5.74) is 6.74. The summed E-state index contributed by atoms with van der Waals surface area (Å²) < 4.78 is 0. The Labute approximate surface area is 75.6 Å². The van der Waals surface area contributed by atoms with Crippen molar-refractivity contribution in [1.82, 2.24) is 0 Å². The first-order chi connectivity index (χ1) is 5.75. The van der Waals surface area contributed by atoms with Crippen molar-refractivity contribution >= 4 is 29.3 Å². The molecule has 4 heteroatoms. The first-order valence-electron chi connectivity index (χ1n) is 3.34. The molecule has 1 rings (SSSR count). The quantitative estimate of drug-likeness (QED) is 0.536. The highest BCUT2D eigenvalue weighted by atomic mass is 32.1. The fourth-order valence-electron chi connectivity index (χ4n) is 0.887. The van der Waals surface area contributed by atoms with Gasteiger partial charge in [-0.05, 0) is 12.1 Å². The van der Waals surface area contributed by atoms with Gasteiger partial charge in [0.25, 0.3) is 0 Å². The number of rotatable bonds is 3. The van der Waals surface area contributed by atoms with E-state index < -0.39 is 0 Å². The summed E-state index contributed by atoms with van der Waals surface area (Å²) in [5.74, 6) is 0. The number of carbonyl (C=O) groups is 1. The molecule has 0 aromatic heterocycles. The van der Waals surface area contributed by atoms with Crippen LogP contribution in [0.5, 0.6) is 0 Å². The van der Waals surface area contributed by atoms with Crippen molar-refractivity contribution in [3.8, 4) is 0 Å². The molecule has 0 aliphatic rings. The Morgan fingerprint density at radius 3 is 2.75 bits per heavy atom. The predicted molar refractivity (Wildman–Crippen MR) is 52.0 cm³/mol. The monoisotopic (exact) mass is 180 g/mol. The Kier molecular flexibility index (Phi) is 2.76. The second kappa shape index (κ2) is 3.82. The molecule has 3 N–H and O–H groups in total. The number of benzene rings is 1. The Hall–Kier alpha value is -1.42. The zero-order valence-electron chi connectivity index (χ0n) is 6.28. The lowest BCUT2D eigenvalue weighted by atomic mass is 10.2. The molecular formula is C8H8N2OS. The molecule has 0 saturated heterocycles. The van der Waals surface area contributed by atoms with Crippen LogP contribution in [0.1, 0.15) is 5.56 Å². The molecule has 0 bridgehead atoms. The van der Waals surface area contributed by atoms with E-state index in [1.807, 2.05) is 6.07 Å². The van der Waals surface area contributed by atoms with Gasteiger partial charge in [0, 0.05) is 5.56 Å². The van der Waals surface area contributed by atoms with Crippen LogP contribution in [0.2, 0.25) is 0 Å². The number of hydrogen-bond acceptors (Lipinski definition) is 2. The molecular weight excluding hydrogens is 172 g/mol. The predicted octanol–water partition coefficient (Wildman–Crippen LogP) is 0.889. The SMILES string of the molecule is NC(=S)c1ccccc1NC=O. The molecule has 0 aliphatic heterocycles. The molecule has 1 aromatic carbocycles. The van der Waals surface area contributed by atoms with Gasteiger partial charge in [0.2, 0.25) is 6.41 Å². The van der Waals surface area contributed by atoms with Crippen LogP contribution in [0.25, 0.3) is 0 Å². The van der Waals surface area contributed by atoms with Gasteiger partial charge in [-0.15, -0.1) is 0 Å². The molecule has 62 valence electrons.